The summed E-state index contributed by atoms with van der Waals surface area (Å²) in [5.41, 5.74) is 2.34. The summed E-state index contributed by atoms with van der Waals surface area (Å²) in [7, 11) is 0. The fraction of sp³-hybridized carbons (Fsp3) is 0.500. The van der Waals surface area contributed by atoms with Crippen LogP contribution < -0.4 is 0 Å². The monoisotopic (exact) mass is 356 g/mol. The molecular formula is C20H21FN2O3. The number of carbonyl (C=O) groups is 1. The van der Waals surface area contributed by atoms with Gasteiger partial charge in [-0.1, -0.05) is 12.1 Å². The highest BCUT2D eigenvalue weighted by Crippen LogP contribution is 2.44. The van der Waals surface area contributed by atoms with Crippen LogP contribution >= 0.6 is 0 Å². The number of hydrogen-bond acceptors (Lipinski definition) is 4. The molecule has 1 aliphatic carbocycles. The first-order valence-corrected chi connectivity index (χ1v) is 9.28. The fourth-order valence-electron chi connectivity index (χ4n) is 4.72. The van der Waals surface area contributed by atoms with Crippen molar-refractivity contribution in [3.05, 3.63) is 42.1 Å². The van der Waals surface area contributed by atoms with Crippen molar-refractivity contribution in [3.8, 4) is 11.3 Å². The molecule has 26 heavy (non-hydrogen) atoms. The Hall–Kier alpha value is -2.05. The van der Waals surface area contributed by atoms with E-state index in [-0.39, 0.29) is 23.6 Å². The zero-order chi connectivity index (χ0) is 17.7. The lowest BCUT2D eigenvalue weighted by Crippen LogP contribution is -2.37. The van der Waals surface area contributed by atoms with Gasteiger partial charge in [-0.05, 0) is 18.9 Å². The standard InChI is InChI=1S/C20H21FN2O3/c21-15-3-1-2-14-17-11-22-12-23(17)16(19(14)15)10-18(24)13-4-6-20(7-5-13)25-8-9-26-20/h1-3,11-13,16H,4-10H2. The van der Waals surface area contributed by atoms with Gasteiger partial charge in [0.15, 0.2) is 5.79 Å². The molecule has 1 spiro atoms. The third kappa shape index (κ3) is 2.43. The van der Waals surface area contributed by atoms with Gasteiger partial charge in [0, 0.05) is 36.3 Å². The van der Waals surface area contributed by atoms with Gasteiger partial charge in [0.05, 0.1) is 37.5 Å². The summed E-state index contributed by atoms with van der Waals surface area (Å²) in [6.45, 7) is 1.28. The molecule has 1 saturated carbocycles. The van der Waals surface area contributed by atoms with Crippen molar-refractivity contribution in [2.24, 2.45) is 5.92 Å². The molecule has 2 aromatic rings. The Morgan fingerprint density at radius 3 is 2.81 bits per heavy atom. The molecule has 3 heterocycles. The van der Waals surface area contributed by atoms with Crippen LogP contribution in [-0.4, -0.2) is 34.3 Å². The summed E-state index contributed by atoms with van der Waals surface area (Å²) >= 11 is 0. The molecule has 0 amide bonds. The van der Waals surface area contributed by atoms with Crippen molar-refractivity contribution in [2.45, 2.75) is 43.9 Å². The summed E-state index contributed by atoms with van der Waals surface area (Å²) < 4.78 is 27.9. The van der Waals surface area contributed by atoms with Crippen LogP contribution in [0.4, 0.5) is 4.39 Å². The van der Waals surface area contributed by atoms with Gasteiger partial charge in [0.1, 0.15) is 11.6 Å². The number of fused-ring (bicyclic) bond motifs is 3. The minimum absolute atomic E-state index is 0.00350. The molecule has 1 aromatic heterocycles. The minimum atomic E-state index is -0.458. The van der Waals surface area contributed by atoms with Gasteiger partial charge in [0.2, 0.25) is 0 Å². The van der Waals surface area contributed by atoms with Crippen molar-refractivity contribution in [2.75, 3.05) is 13.2 Å². The lowest BCUT2D eigenvalue weighted by atomic mass is 9.80. The van der Waals surface area contributed by atoms with E-state index in [1.807, 2.05) is 10.6 Å². The van der Waals surface area contributed by atoms with Crippen molar-refractivity contribution < 1.29 is 18.7 Å². The van der Waals surface area contributed by atoms with E-state index in [9.17, 15) is 9.18 Å². The maximum atomic E-state index is 14.5. The van der Waals surface area contributed by atoms with Gasteiger partial charge in [-0.25, -0.2) is 9.37 Å². The maximum absolute atomic E-state index is 14.5. The lowest BCUT2D eigenvalue weighted by molar-refractivity contribution is -0.183. The van der Waals surface area contributed by atoms with E-state index in [0.29, 0.717) is 25.2 Å². The number of halogens is 1. The molecular weight excluding hydrogens is 335 g/mol. The van der Waals surface area contributed by atoms with Crippen molar-refractivity contribution in [1.29, 1.82) is 0 Å². The largest absolute Gasteiger partial charge is 0.348 e. The number of rotatable bonds is 3. The molecule has 1 aromatic carbocycles. The number of ether oxygens (including phenoxy) is 2. The molecule has 5 rings (SSSR count). The molecule has 0 radical (unpaired) electrons. The fourth-order valence-corrected chi connectivity index (χ4v) is 4.72. The van der Waals surface area contributed by atoms with E-state index < -0.39 is 5.79 Å². The van der Waals surface area contributed by atoms with Gasteiger partial charge in [-0.3, -0.25) is 4.79 Å². The van der Waals surface area contributed by atoms with E-state index in [2.05, 4.69) is 4.98 Å². The van der Waals surface area contributed by atoms with Crippen molar-refractivity contribution in [1.82, 2.24) is 9.55 Å². The van der Waals surface area contributed by atoms with E-state index >= 15 is 0 Å². The molecule has 3 aliphatic rings. The maximum Gasteiger partial charge on any atom is 0.168 e. The van der Waals surface area contributed by atoms with Crippen LogP contribution in [0.3, 0.4) is 0 Å². The third-order valence-electron chi connectivity index (χ3n) is 6.07. The van der Waals surface area contributed by atoms with Crippen LogP contribution in [0, 0.1) is 11.7 Å². The molecule has 2 aliphatic heterocycles. The van der Waals surface area contributed by atoms with Gasteiger partial charge >= 0.3 is 0 Å². The van der Waals surface area contributed by atoms with E-state index in [0.717, 1.165) is 36.9 Å². The van der Waals surface area contributed by atoms with E-state index in [1.165, 1.54) is 6.07 Å². The first-order chi connectivity index (χ1) is 12.7. The number of carbonyl (C=O) groups excluding carboxylic acids is 1. The molecule has 1 atom stereocenters. The van der Waals surface area contributed by atoms with Crippen LogP contribution in [0.5, 0.6) is 0 Å². The number of nitrogens with zero attached hydrogens (tertiary/aromatic N) is 2. The van der Waals surface area contributed by atoms with Crippen LogP contribution in [0.1, 0.15) is 43.7 Å². The Morgan fingerprint density at radius 2 is 2.04 bits per heavy atom. The van der Waals surface area contributed by atoms with Crippen molar-refractivity contribution >= 4 is 5.78 Å². The van der Waals surface area contributed by atoms with Crippen LogP contribution in [0.2, 0.25) is 0 Å². The Kier molecular flexibility index (Phi) is 3.72. The highest BCUT2D eigenvalue weighted by molar-refractivity contribution is 5.83. The summed E-state index contributed by atoms with van der Waals surface area (Å²) in [6.07, 6.45) is 6.80. The normalized spacial score (nSPS) is 24.0. The van der Waals surface area contributed by atoms with E-state index in [4.69, 9.17) is 9.47 Å². The third-order valence-corrected chi connectivity index (χ3v) is 6.07. The molecule has 2 fully saturated rings. The average molecular weight is 356 g/mol. The number of aromatic nitrogens is 2. The summed E-state index contributed by atoms with van der Waals surface area (Å²) in [5.74, 6) is -0.519. The van der Waals surface area contributed by atoms with E-state index in [1.54, 1.807) is 18.6 Å². The predicted molar refractivity (Wildman–Crippen MR) is 92.0 cm³/mol. The Labute approximate surface area is 151 Å². The van der Waals surface area contributed by atoms with Gasteiger partial charge in [0.25, 0.3) is 0 Å². The molecule has 0 bridgehead atoms. The first kappa shape index (κ1) is 16.1. The Balaban J connectivity index is 1.35. The smallest absolute Gasteiger partial charge is 0.168 e. The number of imidazole rings is 1. The van der Waals surface area contributed by atoms with Gasteiger partial charge in [-0.2, -0.15) is 0 Å². The lowest BCUT2D eigenvalue weighted by Gasteiger charge is -2.35. The predicted octanol–water partition coefficient (Wildman–Crippen LogP) is 3.48. The highest BCUT2D eigenvalue weighted by atomic mass is 19.1. The number of Topliss-reactive ketones (excluding diaryl/α,β-unsaturated/α-hetero) is 1. The molecule has 6 heteroatoms. The average Bonchev–Trinajstić information content (AvgIpc) is 3.35. The molecule has 1 unspecified atom stereocenters. The van der Waals surface area contributed by atoms with Gasteiger partial charge in [-0.15, -0.1) is 0 Å². The second-order valence-electron chi connectivity index (χ2n) is 7.46. The second-order valence-corrected chi connectivity index (χ2v) is 7.46. The van der Waals surface area contributed by atoms with Crippen LogP contribution in [0.25, 0.3) is 11.3 Å². The molecule has 0 N–H and O–H groups in total. The number of ketones is 1. The quantitative estimate of drug-likeness (QED) is 0.845. The molecule has 136 valence electrons. The topological polar surface area (TPSA) is 53.4 Å². The van der Waals surface area contributed by atoms with Crippen LogP contribution in [0.15, 0.2) is 30.7 Å². The van der Waals surface area contributed by atoms with Gasteiger partial charge < -0.3 is 14.0 Å². The molecule has 1 saturated heterocycles. The van der Waals surface area contributed by atoms with Crippen molar-refractivity contribution in [3.63, 3.8) is 0 Å². The highest BCUT2D eigenvalue weighted by Gasteiger charge is 2.42. The number of hydrogen-bond donors (Lipinski definition) is 0. The minimum Gasteiger partial charge on any atom is -0.348 e. The summed E-state index contributed by atoms with van der Waals surface area (Å²) in [6, 6.07) is 4.77. The zero-order valence-corrected chi connectivity index (χ0v) is 14.5. The first-order valence-electron chi connectivity index (χ1n) is 9.28. The Bertz CT molecular complexity index is 846. The SMILES string of the molecule is O=C(CC1c2c(F)cccc2-c2cncn21)C1CCC2(CC1)OCCO2. The number of benzene rings is 1. The summed E-state index contributed by atoms with van der Waals surface area (Å²) in [4.78, 5) is 17.2. The second kappa shape index (κ2) is 5.99. The van der Waals surface area contributed by atoms with Crippen LogP contribution in [-0.2, 0) is 14.3 Å². The zero-order valence-electron chi connectivity index (χ0n) is 14.5. The Morgan fingerprint density at radius 1 is 1.27 bits per heavy atom. The summed E-state index contributed by atoms with van der Waals surface area (Å²) in [5, 5.41) is 0. The molecule has 5 nitrogen and oxygen atoms in total.